The van der Waals surface area contributed by atoms with Crippen LogP contribution >= 0.6 is 0 Å². The number of aliphatic hydroxyl groups is 1. The van der Waals surface area contributed by atoms with Crippen molar-refractivity contribution in [3.63, 3.8) is 0 Å². The quantitative estimate of drug-likeness (QED) is 0.490. The number of amides is 1. The normalized spacial score (nSPS) is 16.7. The van der Waals surface area contributed by atoms with Crippen LogP contribution in [0.2, 0.25) is 0 Å². The molecular weight excluding hydrogens is 454 g/mol. The molecule has 0 spiro atoms. The van der Waals surface area contributed by atoms with E-state index in [0.717, 1.165) is 78.5 Å². The fraction of sp³-hybridized carbons (Fsp3) is 0.393. The summed E-state index contributed by atoms with van der Waals surface area (Å²) >= 11 is 0. The van der Waals surface area contributed by atoms with Crippen molar-refractivity contribution >= 4 is 17.4 Å². The number of hydrogen-bond acceptors (Lipinski definition) is 7. The molecule has 2 fully saturated rings. The number of benzene rings is 2. The van der Waals surface area contributed by atoms with Gasteiger partial charge in [-0.1, -0.05) is 30.3 Å². The molecule has 2 saturated heterocycles. The average Bonchev–Trinajstić information content (AvgIpc) is 2.94. The molecule has 1 amide bonds. The first-order valence-electron chi connectivity index (χ1n) is 12.7. The zero-order chi connectivity index (χ0) is 24.9. The summed E-state index contributed by atoms with van der Waals surface area (Å²) in [5.74, 6) is 1.58. The van der Waals surface area contributed by atoms with E-state index >= 15 is 0 Å². The number of piperidine rings is 1. The maximum Gasteiger partial charge on any atom is 0.227 e. The Balaban J connectivity index is 1.52. The van der Waals surface area contributed by atoms with E-state index in [-0.39, 0.29) is 18.4 Å². The molecule has 0 radical (unpaired) electrons. The highest BCUT2D eigenvalue weighted by atomic mass is 16.5. The van der Waals surface area contributed by atoms with Gasteiger partial charge in [-0.2, -0.15) is 0 Å². The standard InChI is InChI=1S/C28H33N5O3/c1-19-25(22-5-2-4-20(16-22)18-34)31-26(32-27(19)33-12-14-36-15-13-33)23-6-3-7-24(17-23)30-28(35)21-8-10-29-11-9-21/h2-7,16-17,21,29,34H,8-15,18H2,1H3,(H,30,35). The van der Waals surface area contributed by atoms with Crippen LogP contribution in [0.25, 0.3) is 22.6 Å². The lowest BCUT2D eigenvalue weighted by atomic mass is 9.97. The van der Waals surface area contributed by atoms with Crippen molar-refractivity contribution in [1.82, 2.24) is 15.3 Å². The molecule has 0 aliphatic carbocycles. The molecule has 0 unspecified atom stereocenters. The summed E-state index contributed by atoms with van der Waals surface area (Å²) in [6.07, 6.45) is 1.71. The van der Waals surface area contributed by atoms with Gasteiger partial charge in [0.25, 0.3) is 0 Å². The van der Waals surface area contributed by atoms with Crippen LogP contribution in [0.5, 0.6) is 0 Å². The second kappa shape index (κ2) is 11.2. The minimum Gasteiger partial charge on any atom is -0.392 e. The molecule has 0 bridgehead atoms. The van der Waals surface area contributed by atoms with Crippen LogP contribution in [-0.2, 0) is 16.1 Å². The lowest BCUT2D eigenvalue weighted by molar-refractivity contribution is -0.120. The van der Waals surface area contributed by atoms with Crippen LogP contribution < -0.4 is 15.5 Å². The van der Waals surface area contributed by atoms with E-state index < -0.39 is 0 Å². The third-order valence-electron chi connectivity index (χ3n) is 6.91. The van der Waals surface area contributed by atoms with Gasteiger partial charge in [-0.05, 0) is 56.6 Å². The Labute approximate surface area is 211 Å². The molecule has 8 heteroatoms. The molecule has 2 aliphatic heterocycles. The fourth-order valence-electron chi connectivity index (χ4n) is 4.88. The summed E-state index contributed by atoms with van der Waals surface area (Å²) in [5, 5.41) is 16.1. The molecule has 188 valence electrons. The summed E-state index contributed by atoms with van der Waals surface area (Å²) in [4.78, 5) is 25.0. The number of nitrogens with one attached hydrogen (secondary N) is 2. The molecule has 5 rings (SSSR count). The van der Waals surface area contributed by atoms with E-state index in [4.69, 9.17) is 14.7 Å². The lowest BCUT2D eigenvalue weighted by Gasteiger charge is -2.30. The second-order valence-electron chi connectivity index (χ2n) is 9.40. The van der Waals surface area contributed by atoms with Crippen molar-refractivity contribution in [2.24, 2.45) is 5.92 Å². The molecule has 1 aromatic heterocycles. The lowest BCUT2D eigenvalue weighted by Crippen LogP contribution is -2.37. The summed E-state index contributed by atoms with van der Waals surface area (Å²) in [6.45, 7) is 6.61. The Hall–Kier alpha value is -3.33. The van der Waals surface area contributed by atoms with Gasteiger partial charge in [0.15, 0.2) is 5.82 Å². The minimum atomic E-state index is -0.0278. The maximum atomic E-state index is 12.8. The first kappa shape index (κ1) is 24.4. The van der Waals surface area contributed by atoms with Crippen LogP contribution in [0.1, 0.15) is 24.0 Å². The zero-order valence-electron chi connectivity index (χ0n) is 20.7. The zero-order valence-corrected chi connectivity index (χ0v) is 20.7. The van der Waals surface area contributed by atoms with E-state index in [0.29, 0.717) is 19.0 Å². The summed E-state index contributed by atoms with van der Waals surface area (Å²) in [6, 6.07) is 15.6. The molecule has 0 atom stereocenters. The first-order chi connectivity index (χ1) is 17.6. The molecule has 0 saturated carbocycles. The molecule has 3 aromatic rings. The van der Waals surface area contributed by atoms with E-state index in [1.807, 2.05) is 55.5 Å². The Bertz CT molecular complexity index is 1220. The van der Waals surface area contributed by atoms with Crippen LogP contribution in [0.3, 0.4) is 0 Å². The van der Waals surface area contributed by atoms with Crippen molar-refractivity contribution in [3.8, 4) is 22.6 Å². The number of carbonyl (C=O) groups is 1. The topological polar surface area (TPSA) is 99.6 Å². The van der Waals surface area contributed by atoms with Crippen molar-refractivity contribution < 1.29 is 14.6 Å². The summed E-state index contributed by atoms with van der Waals surface area (Å²) in [7, 11) is 0. The van der Waals surface area contributed by atoms with Gasteiger partial charge in [-0.3, -0.25) is 4.79 Å². The van der Waals surface area contributed by atoms with Crippen LogP contribution in [0.15, 0.2) is 48.5 Å². The Morgan fingerprint density at radius 2 is 1.83 bits per heavy atom. The molecular formula is C28H33N5O3. The number of aliphatic hydroxyl groups excluding tert-OH is 1. The number of nitrogens with zero attached hydrogens (tertiary/aromatic N) is 3. The Morgan fingerprint density at radius 1 is 1.08 bits per heavy atom. The molecule has 3 N–H and O–H groups in total. The third kappa shape index (κ3) is 5.41. The predicted octanol–water partition coefficient (Wildman–Crippen LogP) is 3.39. The first-order valence-corrected chi connectivity index (χ1v) is 12.7. The molecule has 36 heavy (non-hydrogen) atoms. The van der Waals surface area contributed by atoms with Gasteiger partial charge in [0.1, 0.15) is 5.82 Å². The van der Waals surface area contributed by atoms with Gasteiger partial charge >= 0.3 is 0 Å². The van der Waals surface area contributed by atoms with Crippen molar-refractivity contribution in [2.75, 3.05) is 49.6 Å². The van der Waals surface area contributed by atoms with E-state index in [9.17, 15) is 9.90 Å². The van der Waals surface area contributed by atoms with Crippen molar-refractivity contribution in [3.05, 3.63) is 59.7 Å². The van der Waals surface area contributed by atoms with Gasteiger partial charge < -0.3 is 25.4 Å². The maximum absolute atomic E-state index is 12.8. The van der Waals surface area contributed by atoms with Crippen LogP contribution in [0, 0.1) is 12.8 Å². The van der Waals surface area contributed by atoms with Crippen molar-refractivity contribution in [1.29, 1.82) is 0 Å². The number of carbonyl (C=O) groups excluding carboxylic acids is 1. The highest BCUT2D eigenvalue weighted by molar-refractivity contribution is 5.93. The van der Waals surface area contributed by atoms with E-state index in [1.165, 1.54) is 0 Å². The van der Waals surface area contributed by atoms with E-state index in [1.54, 1.807) is 0 Å². The number of morpholine rings is 1. The van der Waals surface area contributed by atoms with Gasteiger partial charge in [0.05, 0.1) is 25.5 Å². The van der Waals surface area contributed by atoms with Crippen LogP contribution in [-0.4, -0.2) is 60.4 Å². The van der Waals surface area contributed by atoms with E-state index in [2.05, 4.69) is 15.5 Å². The minimum absolute atomic E-state index is 0.0278. The van der Waals surface area contributed by atoms with Gasteiger partial charge in [0.2, 0.25) is 5.91 Å². The number of ether oxygens (including phenoxy) is 1. The van der Waals surface area contributed by atoms with Gasteiger partial charge in [0, 0.05) is 41.4 Å². The van der Waals surface area contributed by atoms with Gasteiger partial charge in [-0.15, -0.1) is 0 Å². The highest BCUT2D eigenvalue weighted by Crippen LogP contribution is 2.32. The highest BCUT2D eigenvalue weighted by Gasteiger charge is 2.22. The molecule has 3 heterocycles. The molecule has 8 nitrogen and oxygen atoms in total. The Morgan fingerprint density at radius 3 is 2.61 bits per heavy atom. The third-order valence-corrected chi connectivity index (χ3v) is 6.91. The average molecular weight is 488 g/mol. The summed E-state index contributed by atoms with van der Waals surface area (Å²) < 4.78 is 5.57. The number of hydrogen-bond donors (Lipinski definition) is 3. The number of anilines is 2. The fourth-order valence-corrected chi connectivity index (χ4v) is 4.88. The number of aromatic nitrogens is 2. The predicted molar refractivity (Wildman–Crippen MR) is 141 cm³/mol. The molecule has 2 aromatic carbocycles. The van der Waals surface area contributed by atoms with Crippen LogP contribution in [0.4, 0.5) is 11.5 Å². The number of rotatable bonds is 6. The monoisotopic (exact) mass is 487 g/mol. The molecule has 2 aliphatic rings. The SMILES string of the molecule is Cc1c(-c2cccc(CO)c2)nc(-c2cccc(NC(=O)C3CCNCC3)c2)nc1N1CCOCC1. The smallest absolute Gasteiger partial charge is 0.227 e. The van der Waals surface area contributed by atoms with Gasteiger partial charge in [-0.25, -0.2) is 9.97 Å². The van der Waals surface area contributed by atoms with Crippen molar-refractivity contribution in [2.45, 2.75) is 26.4 Å². The Kier molecular flexibility index (Phi) is 7.55. The summed E-state index contributed by atoms with van der Waals surface area (Å²) in [5.41, 5.74) is 5.19. The second-order valence-corrected chi connectivity index (χ2v) is 9.40. The largest absolute Gasteiger partial charge is 0.392 e.